The third-order valence-electron chi connectivity index (χ3n) is 4.69. The molecule has 0 aliphatic carbocycles. The second kappa shape index (κ2) is 7.63. The lowest BCUT2D eigenvalue weighted by molar-refractivity contribution is 0.0930. The van der Waals surface area contributed by atoms with Gasteiger partial charge in [-0.1, -0.05) is 26.0 Å². The Morgan fingerprint density at radius 2 is 1.93 bits per heavy atom. The van der Waals surface area contributed by atoms with Gasteiger partial charge in [0.1, 0.15) is 5.82 Å². The van der Waals surface area contributed by atoms with E-state index in [1.54, 1.807) is 16.6 Å². The van der Waals surface area contributed by atoms with Gasteiger partial charge in [-0.2, -0.15) is 4.98 Å². The molecule has 0 radical (unpaired) electrons. The Hall–Kier alpha value is -3.26. The molecule has 3 aromatic heterocycles. The smallest absolute Gasteiger partial charge is 0.261 e. The number of aromatic nitrogens is 3. The third-order valence-corrected chi connectivity index (χ3v) is 5.62. The number of fused-ring (bicyclic) bond motifs is 1. The molecule has 4 rings (SSSR count). The molecule has 0 aliphatic rings. The van der Waals surface area contributed by atoms with Gasteiger partial charge in [0.25, 0.3) is 5.91 Å². The van der Waals surface area contributed by atoms with Crippen LogP contribution in [0.4, 0.5) is 10.3 Å². The van der Waals surface area contributed by atoms with E-state index in [4.69, 9.17) is 5.73 Å². The highest BCUT2D eigenvalue weighted by atomic mass is 32.1. The van der Waals surface area contributed by atoms with E-state index in [-0.39, 0.29) is 29.6 Å². The summed E-state index contributed by atoms with van der Waals surface area (Å²) in [5.41, 5.74) is 9.01. The Morgan fingerprint density at radius 3 is 2.66 bits per heavy atom. The lowest BCUT2D eigenvalue weighted by Gasteiger charge is -2.22. The molecule has 1 unspecified atom stereocenters. The largest absolute Gasteiger partial charge is 0.366 e. The van der Waals surface area contributed by atoms with Crippen molar-refractivity contribution in [2.75, 3.05) is 5.73 Å². The zero-order valence-corrected chi connectivity index (χ0v) is 16.8. The molecule has 0 saturated heterocycles. The summed E-state index contributed by atoms with van der Waals surface area (Å²) in [5.74, 6) is -0.0796. The average Bonchev–Trinajstić information content (AvgIpc) is 3.32. The van der Waals surface area contributed by atoms with Crippen LogP contribution in [0.2, 0.25) is 0 Å². The molecule has 1 amide bonds. The first-order valence-electron chi connectivity index (χ1n) is 9.18. The van der Waals surface area contributed by atoms with Crippen LogP contribution >= 0.6 is 11.3 Å². The second-order valence-electron chi connectivity index (χ2n) is 7.14. The first-order valence-corrected chi connectivity index (χ1v) is 10.1. The van der Waals surface area contributed by atoms with E-state index < -0.39 is 0 Å². The molecule has 3 N–H and O–H groups in total. The summed E-state index contributed by atoms with van der Waals surface area (Å²) in [6.07, 6.45) is 1.83. The molecule has 29 heavy (non-hydrogen) atoms. The summed E-state index contributed by atoms with van der Waals surface area (Å²) in [4.78, 5) is 17.6. The molecule has 0 spiro atoms. The van der Waals surface area contributed by atoms with Crippen molar-refractivity contribution < 1.29 is 9.18 Å². The summed E-state index contributed by atoms with van der Waals surface area (Å²) in [7, 11) is 0. The van der Waals surface area contributed by atoms with E-state index in [0.29, 0.717) is 10.5 Å². The summed E-state index contributed by atoms with van der Waals surface area (Å²) in [6, 6.07) is 11.6. The summed E-state index contributed by atoms with van der Waals surface area (Å²) in [6.45, 7) is 4.04. The SMILES string of the molecule is CC(C)C(NC(=O)c1cc(-c2ccc3nc(N)nn3c2)cs1)c1ccc(F)cc1. The van der Waals surface area contributed by atoms with E-state index in [9.17, 15) is 9.18 Å². The Morgan fingerprint density at radius 1 is 1.17 bits per heavy atom. The van der Waals surface area contributed by atoms with Crippen molar-refractivity contribution in [3.8, 4) is 11.1 Å². The number of carbonyl (C=O) groups excluding carboxylic acids is 1. The molecule has 6 nitrogen and oxygen atoms in total. The zero-order chi connectivity index (χ0) is 20.5. The van der Waals surface area contributed by atoms with E-state index in [1.807, 2.05) is 43.6 Å². The van der Waals surface area contributed by atoms with E-state index in [2.05, 4.69) is 15.4 Å². The molecule has 0 bridgehead atoms. The molecule has 0 saturated carbocycles. The predicted molar refractivity (Wildman–Crippen MR) is 112 cm³/mol. The first-order chi connectivity index (χ1) is 13.9. The van der Waals surface area contributed by atoms with Gasteiger partial charge in [-0.05, 0) is 52.8 Å². The topological polar surface area (TPSA) is 85.3 Å². The minimum absolute atomic E-state index is 0.157. The molecule has 8 heteroatoms. The van der Waals surface area contributed by atoms with Crippen LogP contribution in [-0.4, -0.2) is 20.5 Å². The Balaban J connectivity index is 1.55. The number of anilines is 1. The number of amides is 1. The fraction of sp³-hybridized carbons (Fsp3) is 0.190. The van der Waals surface area contributed by atoms with E-state index >= 15 is 0 Å². The molecule has 4 aromatic rings. The maximum atomic E-state index is 13.2. The monoisotopic (exact) mass is 409 g/mol. The van der Waals surface area contributed by atoms with Gasteiger partial charge in [0.15, 0.2) is 5.65 Å². The van der Waals surface area contributed by atoms with Crippen molar-refractivity contribution in [2.24, 2.45) is 5.92 Å². The van der Waals surface area contributed by atoms with Crippen LogP contribution in [0, 0.1) is 11.7 Å². The van der Waals surface area contributed by atoms with Crippen LogP contribution in [-0.2, 0) is 0 Å². The van der Waals surface area contributed by atoms with Crippen LogP contribution in [0.1, 0.15) is 35.1 Å². The number of nitrogen functional groups attached to an aromatic ring is 1. The number of nitrogens with two attached hydrogens (primary N) is 1. The summed E-state index contributed by atoms with van der Waals surface area (Å²) >= 11 is 1.37. The Labute approximate surface area is 171 Å². The van der Waals surface area contributed by atoms with Gasteiger partial charge < -0.3 is 11.1 Å². The molecular formula is C21H20FN5OS. The van der Waals surface area contributed by atoms with Crippen LogP contribution in [0.5, 0.6) is 0 Å². The Bertz CT molecular complexity index is 1170. The number of nitrogens with one attached hydrogen (secondary N) is 1. The highest BCUT2D eigenvalue weighted by molar-refractivity contribution is 7.12. The van der Waals surface area contributed by atoms with Crippen molar-refractivity contribution in [1.29, 1.82) is 0 Å². The van der Waals surface area contributed by atoms with Crippen molar-refractivity contribution in [1.82, 2.24) is 19.9 Å². The fourth-order valence-electron chi connectivity index (χ4n) is 3.20. The molecule has 0 aliphatic heterocycles. The van der Waals surface area contributed by atoms with Crippen molar-refractivity contribution in [3.63, 3.8) is 0 Å². The number of benzene rings is 1. The standard InChI is InChI=1S/C21H20FN5OS/c1-12(2)19(13-3-6-16(22)7-4-13)25-20(28)17-9-15(11-29-17)14-5-8-18-24-21(23)26-27(18)10-14/h3-12,19H,1-2H3,(H2,23,26)(H,25,28). The number of nitrogens with zero attached hydrogens (tertiary/aromatic N) is 3. The molecule has 0 fully saturated rings. The van der Waals surface area contributed by atoms with Crippen molar-refractivity contribution in [3.05, 3.63) is 70.3 Å². The van der Waals surface area contributed by atoms with Crippen LogP contribution in [0.15, 0.2) is 54.0 Å². The first kappa shape index (κ1) is 19.1. The van der Waals surface area contributed by atoms with Gasteiger partial charge >= 0.3 is 0 Å². The number of hydrogen-bond donors (Lipinski definition) is 2. The quantitative estimate of drug-likeness (QED) is 0.514. The van der Waals surface area contributed by atoms with Crippen molar-refractivity contribution >= 4 is 28.8 Å². The molecule has 3 heterocycles. The predicted octanol–water partition coefficient (Wildman–Crippen LogP) is 4.31. The number of hydrogen-bond acceptors (Lipinski definition) is 5. The fourth-order valence-corrected chi connectivity index (χ4v) is 4.01. The van der Waals surface area contributed by atoms with E-state index in [1.165, 1.54) is 23.5 Å². The van der Waals surface area contributed by atoms with Crippen LogP contribution in [0.25, 0.3) is 16.8 Å². The van der Waals surface area contributed by atoms with Gasteiger partial charge in [0, 0.05) is 11.8 Å². The molecule has 1 aromatic carbocycles. The average molecular weight is 409 g/mol. The molecule has 148 valence electrons. The highest BCUT2D eigenvalue weighted by Crippen LogP contribution is 2.28. The summed E-state index contributed by atoms with van der Waals surface area (Å²) in [5, 5.41) is 9.12. The number of halogens is 1. The molecule has 1 atom stereocenters. The minimum atomic E-state index is -0.295. The van der Waals surface area contributed by atoms with E-state index in [0.717, 1.165) is 16.7 Å². The third kappa shape index (κ3) is 3.97. The van der Waals surface area contributed by atoms with Crippen molar-refractivity contribution in [2.45, 2.75) is 19.9 Å². The maximum Gasteiger partial charge on any atom is 0.261 e. The van der Waals surface area contributed by atoms with Gasteiger partial charge in [0.05, 0.1) is 10.9 Å². The maximum absolute atomic E-state index is 13.2. The van der Waals surface area contributed by atoms with Crippen LogP contribution in [0.3, 0.4) is 0 Å². The second-order valence-corrected chi connectivity index (χ2v) is 8.05. The molecular weight excluding hydrogens is 389 g/mol. The van der Waals surface area contributed by atoms with Crippen LogP contribution < -0.4 is 11.1 Å². The Kier molecular flexibility index (Phi) is 5.02. The van der Waals surface area contributed by atoms with Gasteiger partial charge in [-0.15, -0.1) is 16.4 Å². The normalized spacial score (nSPS) is 12.4. The summed E-state index contributed by atoms with van der Waals surface area (Å²) < 4.78 is 14.9. The number of thiophene rings is 1. The lowest BCUT2D eigenvalue weighted by Crippen LogP contribution is -2.31. The number of carbonyl (C=O) groups is 1. The number of pyridine rings is 1. The lowest BCUT2D eigenvalue weighted by atomic mass is 9.96. The van der Waals surface area contributed by atoms with Gasteiger partial charge in [-0.3, -0.25) is 4.79 Å². The highest BCUT2D eigenvalue weighted by Gasteiger charge is 2.20. The van der Waals surface area contributed by atoms with Gasteiger partial charge in [0.2, 0.25) is 5.95 Å². The van der Waals surface area contributed by atoms with Gasteiger partial charge in [-0.25, -0.2) is 8.91 Å². The minimum Gasteiger partial charge on any atom is -0.366 e. The zero-order valence-electron chi connectivity index (χ0n) is 16.0. The number of rotatable bonds is 5.